The monoisotopic (exact) mass is 327 g/mol. The van der Waals surface area contributed by atoms with E-state index in [1.807, 2.05) is 0 Å². The van der Waals surface area contributed by atoms with Gasteiger partial charge in [-0.05, 0) is 23.8 Å². The molecular formula is C14H8Cl2FNO3. The number of nitro groups is 1. The van der Waals surface area contributed by atoms with Crippen LogP contribution >= 0.6 is 23.2 Å². The molecule has 2 aromatic carbocycles. The van der Waals surface area contributed by atoms with Gasteiger partial charge in [-0.25, -0.2) is 4.39 Å². The van der Waals surface area contributed by atoms with Crippen molar-refractivity contribution < 1.29 is 14.1 Å². The first kappa shape index (κ1) is 15.4. The van der Waals surface area contributed by atoms with Crippen LogP contribution in [0.15, 0.2) is 36.4 Å². The van der Waals surface area contributed by atoms with Gasteiger partial charge >= 0.3 is 0 Å². The minimum atomic E-state index is -0.832. The molecule has 7 heteroatoms. The van der Waals surface area contributed by atoms with Crippen molar-refractivity contribution in [2.45, 2.75) is 6.42 Å². The third kappa shape index (κ3) is 3.77. The smallest absolute Gasteiger partial charge is 0.273 e. The van der Waals surface area contributed by atoms with Crippen LogP contribution < -0.4 is 0 Å². The summed E-state index contributed by atoms with van der Waals surface area (Å²) < 4.78 is 13.3. The van der Waals surface area contributed by atoms with Crippen molar-refractivity contribution in [3.8, 4) is 0 Å². The molecule has 4 nitrogen and oxygen atoms in total. The van der Waals surface area contributed by atoms with Crippen LogP contribution in [-0.2, 0) is 6.42 Å². The van der Waals surface area contributed by atoms with Gasteiger partial charge in [0, 0.05) is 18.1 Å². The number of Topliss-reactive ketones (excluding diaryl/α,β-unsaturated/α-hetero) is 1. The van der Waals surface area contributed by atoms with E-state index in [4.69, 9.17) is 23.2 Å². The Morgan fingerprint density at radius 1 is 1.14 bits per heavy atom. The van der Waals surface area contributed by atoms with Crippen molar-refractivity contribution >= 4 is 34.7 Å². The number of hydrogen-bond acceptors (Lipinski definition) is 3. The van der Waals surface area contributed by atoms with Crippen molar-refractivity contribution in [1.29, 1.82) is 0 Å². The average molecular weight is 328 g/mol. The molecule has 0 N–H and O–H groups in total. The molecule has 2 aromatic rings. The van der Waals surface area contributed by atoms with E-state index in [-0.39, 0.29) is 12.0 Å². The molecule has 0 fully saturated rings. The summed E-state index contributed by atoms with van der Waals surface area (Å²) in [5.74, 6) is -1.28. The van der Waals surface area contributed by atoms with E-state index >= 15 is 0 Å². The number of carbonyl (C=O) groups is 1. The summed E-state index contributed by atoms with van der Waals surface area (Å²) in [5, 5.41) is 11.3. The highest BCUT2D eigenvalue weighted by atomic mass is 35.5. The highest BCUT2D eigenvalue weighted by molar-refractivity contribution is 6.42. The third-order valence-corrected chi connectivity index (χ3v) is 3.50. The molecule has 0 amide bonds. The van der Waals surface area contributed by atoms with Crippen LogP contribution in [0.1, 0.15) is 15.9 Å². The first-order valence-corrected chi connectivity index (χ1v) is 6.54. The normalized spacial score (nSPS) is 10.4. The third-order valence-electron chi connectivity index (χ3n) is 2.76. The van der Waals surface area contributed by atoms with E-state index in [9.17, 15) is 19.3 Å². The predicted octanol–water partition coefficient (Wildman–Crippen LogP) is 4.47. The average Bonchev–Trinajstić information content (AvgIpc) is 2.42. The van der Waals surface area contributed by atoms with E-state index in [2.05, 4.69) is 0 Å². The second-order valence-corrected chi connectivity index (χ2v) is 5.12. The molecular weight excluding hydrogens is 320 g/mol. The van der Waals surface area contributed by atoms with Crippen LogP contribution in [0.3, 0.4) is 0 Å². The molecule has 108 valence electrons. The van der Waals surface area contributed by atoms with Gasteiger partial charge < -0.3 is 0 Å². The molecule has 0 unspecified atom stereocenters. The fraction of sp³-hybridized carbons (Fsp3) is 0.0714. The first-order valence-electron chi connectivity index (χ1n) is 5.79. The molecule has 21 heavy (non-hydrogen) atoms. The predicted molar refractivity (Wildman–Crippen MR) is 77.6 cm³/mol. The number of nitro benzene ring substituents is 1. The summed E-state index contributed by atoms with van der Waals surface area (Å²) in [4.78, 5) is 22.0. The summed E-state index contributed by atoms with van der Waals surface area (Å²) >= 11 is 11.6. The fourth-order valence-corrected chi connectivity index (χ4v) is 2.10. The van der Waals surface area contributed by atoms with E-state index in [0.717, 1.165) is 18.2 Å². The van der Waals surface area contributed by atoms with Gasteiger partial charge in [0.05, 0.1) is 21.0 Å². The number of halogens is 3. The van der Waals surface area contributed by atoms with Gasteiger partial charge in [-0.3, -0.25) is 14.9 Å². The number of nitrogens with zero attached hydrogens (tertiary/aromatic N) is 1. The maximum Gasteiger partial charge on any atom is 0.273 e. The van der Waals surface area contributed by atoms with Gasteiger partial charge in [0.1, 0.15) is 5.82 Å². The van der Waals surface area contributed by atoms with Gasteiger partial charge in [-0.2, -0.15) is 0 Å². The molecule has 0 aromatic heterocycles. The second kappa shape index (κ2) is 6.20. The Bertz CT molecular complexity index is 734. The standard InChI is InChI=1S/C14H8Cl2FNO3/c15-12-2-1-8(3-13(12)16)4-14(19)9-5-10(17)7-11(6-9)18(20)21/h1-3,5-7H,4H2. The van der Waals surface area contributed by atoms with Crippen LogP contribution in [-0.4, -0.2) is 10.7 Å². The zero-order chi connectivity index (χ0) is 15.6. The van der Waals surface area contributed by atoms with Crippen molar-refractivity contribution in [3.05, 3.63) is 73.5 Å². The summed E-state index contributed by atoms with van der Waals surface area (Å²) in [6.07, 6.45) is -0.0580. The van der Waals surface area contributed by atoms with Gasteiger partial charge in [-0.15, -0.1) is 0 Å². The lowest BCUT2D eigenvalue weighted by Crippen LogP contribution is -2.05. The van der Waals surface area contributed by atoms with Gasteiger partial charge in [0.15, 0.2) is 5.78 Å². The highest BCUT2D eigenvalue weighted by Crippen LogP contribution is 2.24. The maximum absolute atomic E-state index is 13.3. The minimum Gasteiger partial charge on any atom is -0.294 e. The molecule has 0 saturated carbocycles. The number of non-ortho nitro benzene ring substituents is 1. The summed E-state index contributed by atoms with van der Waals surface area (Å²) in [6.45, 7) is 0. The summed E-state index contributed by atoms with van der Waals surface area (Å²) in [7, 11) is 0. The number of ketones is 1. The number of carbonyl (C=O) groups excluding carboxylic acids is 1. The molecule has 0 heterocycles. The van der Waals surface area contributed by atoms with E-state index in [1.165, 1.54) is 6.07 Å². The summed E-state index contributed by atoms with van der Waals surface area (Å²) in [6, 6.07) is 7.45. The topological polar surface area (TPSA) is 60.2 Å². The molecule has 0 bridgehead atoms. The second-order valence-electron chi connectivity index (χ2n) is 4.30. The molecule has 0 radical (unpaired) electrons. The van der Waals surface area contributed by atoms with Crippen LogP contribution in [0.4, 0.5) is 10.1 Å². The SMILES string of the molecule is O=C(Cc1ccc(Cl)c(Cl)c1)c1cc(F)cc([N+](=O)[O-])c1. The van der Waals surface area contributed by atoms with E-state index < -0.39 is 22.2 Å². The minimum absolute atomic E-state index is 0.0580. The Morgan fingerprint density at radius 3 is 2.48 bits per heavy atom. The largest absolute Gasteiger partial charge is 0.294 e. The highest BCUT2D eigenvalue weighted by Gasteiger charge is 2.15. The maximum atomic E-state index is 13.3. The lowest BCUT2D eigenvalue weighted by molar-refractivity contribution is -0.385. The van der Waals surface area contributed by atoms with Crippen molar-refractivity contribution in [3.63, 3.8) is 0 Å². The van der Waals surface area contributed by atoms with Crippen LogP contribution in [0.2, 0.25) is 10.0 Å². The van der Waals surface area contributed by atoms with Crippen molar-refractivity contribution in [1.82, 2.24) is 0 Å². The quantitative estimate of drug-likeness (QED) is 0.473. The molecule has 0 atom stereocenters. The zero-order valence-electron chi connectivity index (χ0n) is 10.5. The van der Waals surface area contributed by atoms with E-state index in [0.29, 0.717) is 15.6 Å². The molecule has 0 spiro atoms. The molecule has 2 rings (SSSR count). The Hall–Kier alpha value is -1.98. The molecule has 0 aliphatic carbocycles. The zero-order valence-corrected chi connectivity index (χ0v) is 12.0. The van der Waals surface area contributed by atoms with Crippen molar-refractivity contribution in [2.24, 2.45) is 0 Å². The lowest BCUT2D eigenvalue weighted by atomic mass is 10.0. The molecule has 0 aliphatic rings. The Morgan fingerprint density at radius 2 is 1.86 bits per heavy atom. The number of rotatable bonds is 4. The van der Waals surface area contributed by atoms with Crippen LogP contribution in [0, 0.1) is 15.9 Å². The Kier molecular flexibility index (Phi) is 4.55. The fourth-order valence-electron chi connectivity index (χ4n) is 1.78. The van der Waals surface area contributed by atoms with Gasteiger partial charge in [0.25, 0.3) is 5.69 Å². The summed E-state index contributed by atoms with van der Waals surface area (Å²) in [5.41, 5.74) is 0.0570. The Labute approximate surface area is 129 Å². The van der Waals surface area contributed by atoms with Gasteiger partial charge in [0.2, 0.25) is 0 Å². The van der Waals surface area contributed by atoms with Crippen molar-refractivity contribution in [2.75, 3.05) is 0 Å². The van der Waals surface area contributed by atoms with Gasteiger partial charge in [-0.1, -0.05) is 29.3 Å². The van der Waals surface area contributed by atoms with Crippen LogP contribution in [0.25, 0.3) is 0 Å². The molecule has 0 saturated heterocycles. The number of hydrogen-bond donors (Lipinski definition) is 0. The number of benzene rings is 2. The Balaban J connectivity index is 2.27. The lowest BCUT2D eigenvalue weighted by Gasteiger charge is -2.04. The van der Waals surface area contributed by atoms with Crippen LogP contribution in [0.5, 0.6) is 0 Å². The van der Waals surface area contributed by atoms with E-state index in [1.54, 1.807) is 12.1 Å². The molecule has 0 aliphatic heterocycles. The first-order chi connectivity index (χ1) is 9.86.